The van der Waals surface area contributed by atoms with Crippen LogP contribution in [0.25, 0.3) is 0 Å². The molecule has 3 heterocycles. The highest BCUT2D eigenvalue weighted by Crippen LogP contribution is 2.22. The number of amides is 1. The lowest BCUT2D eigenvalue weighted by atomic mass is 10.0. The molecule has 2 aliphatic heterocycles. The number of carbonyl (C=O) groups excluding carboxylic acids is 1. The van der Waals surface area contributed by atoms with Gasteiger partial charge < -0.3 is 20.3 Å². The fraction of sp³-hybridized carbons (Fsp3) is 0.611. The molecular weight excluding hydrogens is 337 g/mol. The molecule has 0 aliphatic carbocycles. The third-order valence-corrected chi connectivity index (χ3v) is 4.98. The van der Waals surface area contributed by atoms with Crippen molar-refractivity contribution in [2.75, 3.05) is 38.6 Å². The maximum absolute atomic E-state index is 13.8. The summed E-state index contributed by atoms with van der Waals surface area (Å²) in [6.45, 7) is 2.76. The monoisotopic (exact) mass is 361 g/mol. The number of ether oxygens (including phenoxy) is 1. The number of halogens is 1. The van der Waals surface area contributed by atoms with Crippen molar-refractivity contribution < 1.29 is 13.9 Å². The minimum atomic E-state index is -0.571. The molecule has 2 N–H and O–H groups in total. The van der Waals surface area contributed by atoms with Crippen LogP contribution in [-0.2, 0) is 9.53 Å². The summed E-state index contributed by atoms with van der Waals surface area (Å²) in [5.74, 6) is -0.601. The molecule has 0 bridgehead atoms. The lowest BCUT2D eigenvalue weighted by molar-refractivity contribution is -0.126. The average Bonchev–Trinajstić information content (AvgIpc) is 3.11. The highest BCUT2D eigenvalue weighted by Gasteiger charge is 2.32. The molecule has 0 radical (unpaired) electrons. The van der Waals surface area contributed by atoms with E-state index in [1.165, 1.54) is 6.20 Å². The maximum Gasteiger partial charge on any atom is 0.225 e. The highest BCUT2D eigenvalue weighted by molar-refractivity contribution is 5.79. The summed E-state index contributed by atoms with van der Waals surface area (Å²) >= 11 is 0. The van der Waals surface area contributed by atoms with Crippen LogP contribution in [0, 0.1) is 23.1 Å². The number of nitrogens with one attached hydrogen (secondary N) is 2. The van der Waals surface area contributed by atoms with Gasteiger partial charge in [-0.2, -0.15) is 5.26 Å². The number of nitrogens with zero attached hydrogens (tertiary/aromatic N) is 3. The van der Waals surface area contributed by atoms with E-state index in [0.717, 1.165) is 32.0 Å². The van der Waals surface area contributed by atoms with Crippen LogP contribution in [0.4, 0.5) is 10.2 Å². The van der Waals surface area contributed by atoms with E-state index >= 15 is 0 Å². The van der Waals surface area contributed by atoms with Crippen LogP contribution < -0.4 is 10.6 Å². The summed E-state index contributed by atoms with van der Waals surface area (Å²) in [6, 6.07) is 3.23. The van der Waals surface area contributed by atoms with E-state index < -0.39 is 5.82 Å². The zero-order valence-electron chi connectivity index (χ0n) is 14.9. The minimum absolute atomic E-state index is 0.0460. The smallest absolute Gasteiger partial charge is 0.225 e. The van der Waals surface area contributed by atoms with E-state index in [1.54, 1.807) is 0 Å². The Morgan fingerprint density at radius 1 is 1.50 bits per heavy atom. The molecular formula is C18H24FN5O2. The van der Waals surface area contributed by atoms with Crippen LogP contribution in [0.3, 0.4) is 0 Å². The first-order chi connectivity index (χ1) is 12.5. The predicted octanol–water partition coefficient (Wildman–Crippen LogP) is 1.12. The van der Waals surface area contributed by atoms with Crippen molar-refractivity contribution in [1.29, 1.82) is 5.26 Å². The number of hydrogen-bond acceptors (Lipinski definition) is 6. The van der Waals surface area contributed by atoms with Gasteiger partial charge in [-0.15, -0.1) is 0 Å². The maximum atomic E-state index is 13.8. The largest absolute Gasteiger partial charge is 0.376 e. The van der Waals surface area contributed by atoms with Gasteiger partial charge in [0.1, 0.15) is 6.07 Å². The molecule has 2 saturated heterocycles. The van der Waals surface area contributed by atoms with Gasteiger partial charge in [0.15, 0.2) is 11.6 Å². The van der Waals surface area contributed by atoms with Gasteiger partial charge in [-0.05, 0) is 45.5 Å². The van der Waals surface area contributed by atoms with E-state index in [0.29, 0.717) is 19.6 Å². The van der Waals surface area contributed by atoms with Gasteiger partial charge in [-0.25, -0.2) is 9.37 Å². The number of hydrogen-bond donors (Lipinski definition) is 2. The number of pyridine rings is 1. The number of anilines is 1. The molecule has 0 aromatic carbocycles. The quantitative estimate of drug-likeness (QED) is 0.817. The Kier molecular flexibility index (Phi) is 6.01. The standard InChI is InChI=1S/C18H24FN5O2/c1-24-4-2-14(3-5-24)23-18(25)13-7-15(26-11-13)10-22-17-16(19)6-12(8-20)9-21-17/h6,9,13-15H,2-5,7,10-11H2,1H3,(H,21,22)(H,23,25)/t13-,15-/m0/s1. The average molecular weight is 361 g/mol. The van der Waals surface area contributed by atoms with Gasteiger partial charge in [0.25, 0.3) is 0 Å². The van der Waals surface area contributed by atoms with Crippen molar-refractivity contribution in [2.45, 2.75) is 31.4 Å². The van der Waals surface area contributed by atoms with E-state index in [1.807, 2.05) is 6.07 Å². The third-order valence-electron chi connectivity index (χ3n) is 4.98. The summed E-state index contributed by atoms with van der Waals surface area (Å²) in [5.41, 5.74) is 0.177. The number of rotatable bonds is 5. The zero-order valence-corrected chi connectivity index (χ0v) is 14.9. The minimum Gasteiger partial charge on any atom is -0.376 e. The van der Waals surface area contributed by atoms with Crippen molar-refractivity contribution in [3.05, 3.63) is 23.6 Å². The van der Waals surface area contributed by atoms with Crippen LogP contribution >= 0.6 is 0 Å². The highest BCUT2D eigenvalue weighted by atomic mass is 19.1. The van der Waals surface area contributed by atoms with Crippen LogP contribution in [0.2, 0.25) is 0 Å². The molecule has 2 atom stereocenters. The van der Waals surface area contributed by atoms with Gasteiger partial charge >= 0.3 is 0 Å². The molecule has 1 amide bonds. The number of nitriles is 1. The second-order valence-corrected chi connectivity index (χ2v) is 7.02. The first-order valence-corrected chi connectivity index (χ1v) is 8.95. The Bertz CT molecular complexity index is 685. The molecule has 140 valence electrons. The lowest BCUT2D eigenvalue weighted by Gasteiger charge is -2.30. The Morgan fingerprint density at radius 2 is 2.27 bits per heavy atom. The molecule has 26 heavy (non-hydrogen) atoms. The normalized spacial score (nSPS) is 24.2. The molecule has 0 saturated carbocycles. The van der Waals surface area contributed by atoms with Gasteiger partial charge in [-0.1, -0.05) is 0 Å². The Hall–Kier alpha value is -2.24. The van der Waals surface area contributed by atoms with Crippen molar-refractivity contribution in [2.24, 2.45) is 5.92 Å². The summed E-state index contributed by atoms with van der Waals surface area (Å²) in [4.78, 5) is 18.6. The van der Waals surface area contributed by atoms with E-state index in [9.17, 15) is 9.18 Å². The zero-order chi connectivity index (χ0) is 18.5. The molecule has 1 aromatic rings. The van der Waals surface area contributed by atoms with E-state index in [2.05, 4.69) is 27.6 Å². The molecule has 0 unspecified atom stereocenters. The van der Waals surface area contributed by atoms with Gasteiger partial charge in [0, 0.05) is 18.8 Å². The second-order valence-electron chi connectivity index (χ2n) is 7.02. The van der Waals surface area contributed by atoms with E-state index in [4.69, 9.17) is 10.00 Å². The van der Waals surface area contributed by atoms with Gasteiger partial charge in [0.2, 0.25) is 5.91 Å². The molecule has 0 spiro atoms. The fourth-order valence-electron chi connectivity index (χ4n) is 3.34. The number of piperidine rings is 1. The van der Waals surface area contributed by atoms with Crippen molar-refractivity contribution in [3.8, 4) is 6.07 Å². The molecule has 2 fully saturated rings. The van der Waals surface area contributed by atoms with Gasteiger partial charge in [0.05, 0.1) is 24.2 Å². The topological polar surface area (TPSA) is 90.3 Å². The van der Waals surface area contributed by atoms with Gasteiger partial charge in [-0.3, -0.25) is 4.79 Å². The first kappa shape index (κ1) is 18.5. The summed E-state index contributed by atoms with van der Waals surface area (Å²) in [6.07, 6.45) is 3.71. The molecule has 3 rings (SSSR count). The van der Waals surface area contributed by atoms with Crippen molar-refractivity contribution in [3.63, 3.8) is 0 Å². The predicted molar refractivity (Wildman–Crippen MR) is 93.9 cm³/mol. The van der Waals surface area contributed by atoms with Crippen LogP contribution in [0.5, 0.6) is 0 Å². The summed E-state index contributed by atoms with van der Waals surface area (Å²) in [5, 5.41) is 14.8. The third kappa shape index (κ3) is 4.68. The summed E-state index contributed by atoms with van der Waals surface area (Å²) in [7, 11) is 2.09. The van der Waals surface area contributed by atoms with Crippen molar-refractivity contribution >= 4 is 11.7 Å². The van der Waals surface area contributed by atoms with E-state index in [-0.39, 0.29) is 35.4 Å². The molecule has 8 heteroatoms. The molecule has 1 aromatic heterocycles. The Labute approximate surface area is 152 Å². The Morgan fingerprint density at radius 3 is 2.96 bits per heavy atom. The lowest BCUT2D eigenvalue weighted by Crippen LogP contribution is -2.45. The number of likely N-dealkylation sites (tertiary alicyclic amines) is 1. The number of carbonyl (C=O) groups is 1. The van der Waals surface area contributed by atoms with Crippen molar-refractivity contribution in [1.82, 2.24) is 15.2 Å². The Balaban J connectivity index is 1.43. The molecule has 7 nitrogen and oxygen atoms in total. The summed E-state index contributed by atoms with van der Waals surface area (Å²) < 4.78 is 19.5. The van der Waals surface area contributed by atoms with Crippen LogP contribution in [-0.4, -0.2) is 61.2 Å². The SMILES string of the molecule is CN1CCC(NC(=O)[C@@H]2CO[C@H](CNc3ncc(C#N)cc3F)C2)CC1. The fourth-order valence-corrected chi connectivity index (χ4v) is 3.34. The van der Waals surface area contributed by atoms with Crippen LogP contribution in [0.1, 0.15) is 24.8 Å². The van der Waals surface area contributed by atoms with Crippen LogP contribution in [0.15, 0.2) is 12.3 Å². The first-order valence-electron chi connectivity index (χ1n) is 8.95. The number of aromatic nitrogens is 1. The second kappa shape index (κ2) is 8.43. The molecule has 2 aliphatic rings.